The molecule has 22 heavy (non-hydrogen) atoms. The van der Waals surface area contributed by atoms with Crippen molar-refractivity contribution in [1.82, 2.24) is 25.0 Å². The third-order valence-corrected chi connectivity index (χ3v) is 4.57. The van der Waals surface area contributed by atoms with Gasteiger partial charge in [-0.1, -0.05) is 12.3 Å². The molecule has 0 radical (unpaired) electrons. The number of terminal acetylenes is 1. The average molecular weight is 301 g/mol. The van der Waals surface area contributed by atoms with Gasteiger partial charge >= 0.3 is 0 Å². The van der Waals surface area contributed by atoms with E-state index in [9.17, 15) is 4.79 Å². The summed E-state index contributed by atoms with van der Waals surface area (Å²) in [5, 5.41) is 11.5. The molecule has 3 heterocycles. The Kier molecular flexibility index (Phi) is 4.74. The van der Waals surface area contributed by atoms with Crippen LogP contribution in [0.4, 0.5) is 0 Å². The molecule has 0 aromatic carbocycles. The monoisotopic (exact) mass is 301 g/mol. The topological polar surface area (TPSA) is 63.1 Å². The molecule has 0 saturated carbocycles. The molecule has 3 rings (SSSR count). The highest BCUT2D eigenvalue weighted by Gasteiger charge is 2.28. The van der Waals surface area contributed by atoms with Crippen molar-refractivity contribution in [3.05, 3.63) is 11.6 Å². The van der Waals surface area contributed by atoms with Gasteiger partial charge in [-0.25, -0.2) is 0 Å². The number of carbonyl (C=O) groups excluding carboxylic acids is 1. The number of piperidine rings is 1. The normalized spacial score (nSPS) is 21.9. The number of rotatable bonds is 4. The van der Waals surface area contributed by atoms with E-state index in [0.717, 1.165) is 56.8 Å². The molecule has 6 nitrogen and oxygen atoms in total. The fourth-order valence-electron chi connectivity index (χ4n) is 3.38. The molecule has 1 saturated heterocycles. The maximum absolute atomic E-state index is 12.5. The second kappa shape index (κ2) is 6.93. The Morgan fingerprint density at radius 1 is 1.27 bits per heavy atom. The quantitative estimate of drug-likeness (QED) is 0.832. The lowest BCUT2D eigenvalue weighted by atomic mass is 10.0. The number of amides is 1. The van der Waals surface area contributed by atoms with Crippen LogP contribution in [0.5, 0.6) is 0 Å². The highest BCUT2D eigenvalue weighted by Crippen LogP contribution is 2.17. The first-order chi connectivity index (χ1) is 10.8. The first-order valence-corrected chi connectivity index (χ1v) is 8.16. The molecule has 1 fully saturated rings. The molecule has 118 valence electrons. The summed E-state index contributed by atoms with van der Waals surface area (Å²) in [5.74, 6) is 4.62. The average Bonchev–Trinajstić information content (AvgIpc) is 2.97. The SMILES string of the molecule is C#CCN1CCCCC1C(=O)NCc1nnc2n1CCCC2. The third kappa shape index (κ3) is 3.14. The molecule has 2 aliphatic heterocycles. The van der Waals surface area contributed by atoms with E-state index in [-0.39, 0.29) is 11.9 Å². The zero-order valence-corrected chi connectivity index (χ0v) is 12.9. The van der Waals surface area contributed by atoms with E-state index >= 15 is 0 Å². The lowest BCUT2D eigenvalue weighted by Crippen LogP contribution is -2.49. The number of aryl methyl sites for hydroxylation is 1. The third-order valence-electron chi connectivity index (χ3n) is 4.57. The molecule has 6 heteroatoms. The van der Waals surface area contributed by atoms with Gasteiger partial charge in [0.25, 0.3) is 0 Å². The first-order valence-electron chi connectivity index (χ1n) is 8.16. The van der Waals surface area contributed by atoms with Crippen LogP contribution in [0.15, 0.2) is 0 Å². The largest absolute Gasteiger partial charge is 0.347 e. The van der Waals surface area contributed by atoms with Gasteiger partial charge in [-0.2, -0.15) is 0 Å². The van der Waals surface area contributed by atoms with Crippen molar-refractivity contribution >= 4 is 5.91 Å². The van der Waals surface area contributed by atoms with Crippen LogP contribution >= 0.6 is 0 Å². The molecule has 1 aromatic heterocycles. The standard InChI is InChI=1S/C16H23N5O/c1-2-9-20-10-5-3-7-13(20)16(22)17-12-15-19-18-14-8-4-6-11-21(14)15/h1,13H,3-12H2,(H,17,22). The summed E-state index contributed by atoms with van der Waals surface area (Å²) in [6, 6.07) is -0.103. The Balaban J connectivity index is 1.60. The van der Waals surface area contributed by atoms with Crippen molar-refractivity contribution in [2.45, 2.75) is 57.7 Å². The Hall–Kier alpha value is -1.87. The van der Waals surface area contributed by atoms with Crippen molar-refractivity contribution in [1.29, 1.82) is 0 Å². The summed E-state index contributed by atoms with van der Waals surface area (Å²) >= 11 is 0. The fourth-order valence-corrected chi connectivity index (χ4v) is 3.38. The maximum atomic E-state index is 12.5. The van der Waals surface area contributed by atoms with Gasteiger partial charge in [0.05, 0.1) is 19.1 Å². The molecular formula is C16H23N5O. The summed E-state index contributed by atoms with van der Waals surface area (Å²) in [7, 11) is 0. The van der Waals surface area contributed by atoms with Crippen LogP contribution in [0.25, 0.3) is 0 Å². The molecule has 1 aromatic rings. The Bertz CT molecular complexity index is 574. The van der Waals surface area contributed by atoms with Gasteiger partial charge in [0.2, 0.25) is 5.91 Å². The second-order valence-corrected chi connectivity index (χ2v) is 6.05. The van der Waals surface area contributed by atoms with Crippen LogP contribution in [-0.2, 0) is 24.3 Å². The molecule has 0 spiro atoms. The lowest BCUT2D eigenvalue weighted by molar-refractivity contribution is -0.127. The molecule has 1 atom stereocenters. The summed E-state index contributed by atoms with van der Waals surface area (Å²) in [6.07, 6.45) is 11.8. The Morgan fingerprint density at radius 2 is 2.14 bits per heavy atom. The van der Waals surface area contributed by atoms with Crippen LogP contribution in [0.1, 0.15) is 43.8 Å². The minimum Gasteiger partial charge on any atom is -0.347 e. The van der Waals surface area contributed by atoms with Gasteiger partial charge in [-0.15, -0.1) is 16.6 Å². The highest BCUT2D eigenvalue weighted by molar-refractivity contribution is 5.81. The number of fused-ring (bicyclic) bond motifs is 1. The van der Waals surface area contributed by atoms with Crippen LogP contribution in [0.3, 0.4) is 0 Å². The van der Waals surface area contributed by atoms with Crippen molar-refractivity contribution in [3.8, 4) is 12.3 Å². The van der Waals surface area contributed by atoms with Gasteiger partial charge in [-0.3, -0.25) is 9.69 Å². The summed E-state index contributed by atoms with van der Waals surface area (Å²) in [6.45, 7) is 2.85. The first kappa shape index (κ1) is 15.0. The zero-order chi connectivity index (χ0) is 15.4. The maximum Gasteiger partial charge on any atom is 0.237 e. The molecular weight excluding hydrogens is 278 g/mol. The molecule has 1 unspecified atom stereocenters. The number of hydrogen-bond donors (Lipinski definition) is 1. The van der Waals surface area contributed by atoms with Crippen molar-refractivity contribution in [3.63, 3.8) is 0 Å². The summed E-state index contributed by atoms with van der Waals surface area (Å²) in [5.41, 5.74) is 0. The van der Waals surface area contributed by atoms with E-state index in [1.807, 2.05) is 0 Å². The van der Waals surface area contributed by atoms with E-state index in [1.54, 1.807) is 0 Å². The van der Waals surface area contributed by atoms with Crippen LogP contribution in [0, 0.1) is 12.3 Å². The molecule has 0 bridgehead atoms. The van der Waals surface area contributed by atoms with Gasteiger partial charge in [-0.05, 0) is 32.2 Å². The minimum absolute atomic E-state index is 0.0584. The van der Waals surface area contributed by atoms with Gasteiger partial charge in [0.1, 0.15) is 5.82 Å². The van der Waals surface area contributed by atoms with Gasteiger partial charge in [0, 0.05) is 13.0 Å². The van der Waals surface area contributed by atoms with Crippen molar-refractivity contribution in [2.24, 2.45) is 0 Å². The van der Waals surface area contributed by atoms with E-state index in [4.69, 9.17) is 6.42 Å². The predicted octanol–water partition coefficient (Wildman–Crippen LogP) is 0.718. The van der Waals surface area contributed by atoms with Crippen molar-refractivity contribution < 1.29 is 4.79 Å². The fraction of sp³-hybridized carbons (Fsp3) is 0.688. The number of hydrogen-bond acceptors (Lipinski definition) is 4. The predicted molar refractivity (Wildman–Crippen MR) is 82.9 cm³/mol. The van der Waals surface area contributed by atoms with Gasteiger partial charge in [0.15, 0.2) is 5.82 Å². The van der Waals surface area contributed by atoms with E-state index in [2.05, 4.69) is 30.9 Å². The zero-order valence-electron chi connectivity index (χ0n) is 12.9. The summed E-state index contributed by atoms with van der Waals surface area (Å²) in [4.78, 5) is 14.6. The van der Waals surface area contributed by atoms with Gasteiger partial charge < -0.3 is 9.88 Å². The minimum atomic E-state index is -0.103. The smallest absolute Gasteiger partial charge is 0.237 e. The van der Waals surface area contributed by atoms with Crippen LogP contribution in [-0.4, -0.2) is 44.7 Å². The lowest BCUT2D eigenvalue weighted by Gasteiger charge is -2.33. The number of nitrogens with one attached hydrogen (secondary N) is 1. The summed E-state index contributed by atoms with van der Waals surface area (Å²) < 4.78 is 2.14. The van der Waals surface area contributed by atoms with Crippen LogP contribution < -0.4 is 5.32 Å². The number of aromatic nitrogens is 3. The van der Waals surface area contributed by atoms with Crippen LogP contribution in [0.2, 0.25) is 0 Å². The molecule has 0 aliphatic carbocycles. The van der Waals surface area contributed by atoms with E-state index in [1.165, 1.54) is 6.42 Å². The molecule has 1 amide bonds. The van der Waals surface area contributed by atoms with Crippen molar-refractivity contribution in [2.75, 3.05) is 13.1 Å². The Labute approximate surface area is 131 Å². The second-order valence-electron chi connectivity index (χ2n) is 6.05. The number of nitrogens with zero attached hydrogens (tertiary/aromatic N) is 4. The molecule has 1 N–H and O–H groups in total. The van der Waals surface area contributed by atoms with E-state index in [0.29, 0.717) is 13.1 Å². The molecule has 2 aliphatic rings. The van der Waals surface area contributed by atoms with E-state index < -0.39 is 0 Å². The number of carbonyl (C=O) groups is 1. The Morgan fingerprint density at radius 3 is 3.00 bits per heavy atom. The number of likely N-dealkylation sites (tertiary alicyclic amines) is 1. The highest BCUT2D eigenvalue weighted by atomic mass is 16.2.